The standard InChI is InChI=1S/C25H28N2O4/c1-29-22-11-9-21(10-12-22)27-25(28)18-31-23-13-8-20(16-24(23)30-2)17-26-15-14-19-6-4-3-5-7-19/h3-13,16,26H,14-15,17-18H2,1-2H3,(H,27,28)/p+1. The number of methoxy groups -OCH3 is 2. The van der Waals surface area contributed by atoms with Gasteiger partial charge in [0.25, 0.3) is 5.91 Å². The zero-order chi connectivity index (χ0) is 21.9. The van der Waals surface area contributed by atoms with Crippen LogP contribution in [0.4, 0.5) is 5.69 Å². The molecule has 0 aliphatic rings. The van der Waals surface area contributed by atoms with E-state index < -0.39 is 0 Å². The highest BCUT2D eigenvalue weighted by molar-refractivity contribution is 5.91. The van der Waals surface area contributed by atoms with Gasteiger partial charge in [-0.25, -0.2) is 0 Å². The van der Waals surface area contributed by atoms with Crippen molar-refractivity contribution in [2.45, 2.75) is 13.0 Å². The Hall–Kier alpha value is -3.51. The summed E-state index contributed by atoms with van der Waals surface area (Å²) in [5.74, 6) is 1.65. The molecule has 162 valence electrons. The quantitative estimate of drug-likeness (QED) is 0.467. The first-order valence-corrected chi connectivity index (χ1v) is 10.3. The van der Waals surface area contributed by atoms with Gasteiger partial charge in [-0.15, -0.1) is 0 Å². The number of hydrogen-bond acceptors (Lipinski definition) is 4. The van der Waals surface area contributed by atoms with Gasteiger partial charge in [-0.1, -0.05) is 30.3 Å². The van der Waals surface area contributed by atoms with Crippen molar-refractivity contribution >= 4 is 11.6 Å². The second-order valence-electron chi connectivity index (χ2n) is 7.07. The monoisotopic (exact) mass is 421 g/mol. The number of carbonyl (C=O) groups is 1. The molecule has 3 aromatic rings. The number of anilines is 1. The summed E-state index contributed by atoms with van der Waals surface area (Å²) in [7, 11) is 3.20. The third-order valence-corrected chi connectivity index (χ3v) is 4.82. The molecule has 0 aliphatic carbocycles. The maximum absolute atomic E-state index is 12.2. The van der Waals surface area contributed by atoms with E-state index in [-0.39, 0.29) is 12.5 Å². The highest BCUT2D eigenvalue weighted by Crippen LogP contribution is 2.28. The molecule has 0 heterocycles. The van der Waals surface area contributed by atoms with Crippen LogP contribution < -0.4 is 24.8 Å². The molecule has 0 aromatic heterocycles. The first kappa shape index (κ1) is 22.2. The predicted octanol–water partition coefficient (Wildman–Crippen LogP) is 3.03. The van der Waals surface area contributed by atoms with Crippen molar-refractivity contribution in [1.29, 1.82) is 0 Å². The van der Waals surface area contributed by atoms with E-state index in [2.05, 4.69) is 34.9 Å². The zero-order valence-corrected chi connectivity index (χ0v) is 18.0. The number of benzene rings is 3. The molecule has 6 heteroatoms. The Balaban J connectivity index is 1.46. The van der Waals surface area contributed by atoms with E-state index in [9.17, 15) is 4.79 Å². The van der Waals surface area contributed by atoms with Crippen molar-refractivity contribution in [3.05, 3.63) is 83.9 Å². The lowest BCUT2D eigenvalue weighted by atomic mass is 10.1. The van der Waals surface area contributed by atoms with Gasteiger partial charge in [0.1, 0.15) is 12.3 Å². The average molecular weight is 422 g/mol. The second-order valence-corrected chi connectivity index (χ2v) is 7.07. The number of rotatable bonds is 11. The van der Waals surface area contributed by atoms with Gasteiger partial charge in [0.05, 0.1) is 20.8 Å². The molecule has 0 saturated heterocycles. The fourth-order valence-corrected chi connectivity index (χ4v) is 3.16. The van der Waals surface area contributed by atoms with Crippen LogP contribution in [0, 0.1) is 0 Å². The van der Waals surface area contributed by atoms with Crippen molar-refractivity contribution in [1.82, 2.24) is 0 Å². The Labute approximate surface area is 183 Å². The Kier molecular flexibility index (Phi) is 8.31. The van der Waals surface area contributed by atoms with Gasteiger partial charge in [-0.3, -0.25) is 4.79 Å². The molecule has 0 bridgehead atoms. The Bertz CT molecular complexity index is 959. The summed E-state index contributed by atoms with van der Waals surface area (Å²) < 4.78 is 16.2. The van der Waals surface area contributed by atoms with Crippen LogP contribution in [0.2, 0.25) is 0 Å². The molecule has 3 rings (SSSR count). The van der Waals surface area contributed by atoms with Crippen LogP contribution in [-0.2, 0) is 17.8 Å². The molecule has 6 nitrogen and oxygen atoms in total. The molecule has 0 saturated carbocycles. The number of nitrogens with two attached hydrogens (primary N) is 1. The molecule has 0 unspecified atom stereocenters. The van der Waals surface area contributed by atoms with Gasteiger partial charge in [0.2, 0.25) is 0 Å². The maximum Gasteiger partial charge on any atom is 0.262 e. The molecular weight excluding hydrogens is 392 g/mol. The fraction of sp³-hybridized carbons (Fsp3) is 0.240. The van der Waals surface area contributed by atoms with Crippen LogP contribution in [-0.4, -0.2) is 33.3 Å². The molecule has 0 aliphatic heterocycles. The number of quaternary nitrogens is 1. The third-order valence-electron chi connectivity index (χ3n) is 4.82. The summed E-state index contributed by atoms with van der Waals surface area (Å²) in [6.07, 6.45) is 1.03. The van der Waals surface area contributed by atoms with Gasteiger partial charge in [-0.2, -0.15) is 0 Å². The molecule has 31 heavy (non-hydrogen) atoms. The molecule has 0 spiro atoms. The zero-order valence-electron chi connectivity index (χ0n) is 18.0. The van der Waals surface area contributed by atoms with Crippen molar-refractivity contribution in [3.63, 3.8) is 0 Å². The minimum atomic E-state index is -0.245. The van der Waals surface area contributed by atoms with Crippen molar-refractivity contribution in [2.75, 3.05) is 32.7 Å². The van der Waals surface area contributed by atoms with Gasteiger partial charge >= 0.3 is 0 Å². The normalized spacial score (nSPS) is 10.4. The van der Waals surface area contributed by atoms with E-state index in [1.165, 1.54) is 5.56 Å². The van der Waals surface area contributed by atoms with Gasteiger partial charge < -0.3 is 24.8 Å². The van der Waals surface area contributed by atoms with Gasteiger partial charge in [0.15, 0.2) is 18.1 Å². The minimum Gasteiger partial charge on any atom is -0.497 e. The van der Waals surface area contributed by atoms with Crippen molar-refractivity contribution in [2.24, 2.45) is 0 Å². The summed E-state index contributed by atoms with van der Waals surface area (Å²) in [5, 5.41) is 5.06. The third kappa shape index (κ3) is 7.04. The lowest BCUT2D eigenvalue weighted by Gasteiger charge is -2.12. The molecule has 0 atom stereocenters. The van der Waals surface area contributed by atoms with Crippen LogP contribution in [0.25, 0.3) is 0 Å². The average Bonchev–Trinajstić information content (AvgIpc) is 2.82. The predicted molar refractivity (Wildman–Crippen MR) is 121 cm³/mol. The highest BCUT2D eigenvalue weighted by atomic mass is 16.5. The summed E-state index contributed by atoms with van der Waals surface area (Å²) >= 11 is 0. The lowest BCUT2D eigenvalue weighted by molar-refractivity contribution is -0.670. The van der Waals surface area contributed by atoms with Gasteiger partial charge in [-0.05, 0) is 48.0 Å². The van der Waals surface area contributed by atoms with E-state index in [1.54, 1.807) is 38.5 Å². The highest BCUT2D eigenvalue weighted by Gasteiger charge is 2.10. The van der Waals surface area contributed by atoms with E-state index >= 15 is 0 Å². The first-order chi connectivity index (χ1) is 15.2. The van der Waals surface area contributed by atoms with Crippen LogP contribution >= 0.6 is 0 Å². The molecular formula is C25H29N2O4+. The van der Waals surface area contributed by atoms with Gasteiger partial charge in [0, 0.05) is 17.7 Å². The minimum absolute atomic E-state index is 0.106. The maximum atomic E-state index is 12.2. The lowest BCUT2D eigenvalue weighted by Crippen LogP contribution is -2.83. The fourth-order valence-electron chi connectivity index (χ4n) is 3.16. The molecule has 0 fully saturated rings. The summed E-state index contributed by atoms with van der Waals surface area (Å²) in [5.41, 5.74) is 3.16. The van der Waals surface area contributed by atoms with Crippen LogP contribution in [0.3, 0.4) is 0 Å². The molecule has 3 N–H and O–H groups in total. The molecule has 3 aromatic carbocycles. The number of hydrogen-bond donors (Lipinski definition) is 2. The molecule has 0 radical (unpaired) electrons. The van der Waals surface area contributed by atoms with E-state index in [4.69, 9.17) is 14.2 Å². The Morgan fingerprint density at radius 2 is 1.65 bits per heavy atom. The largest absolute Gasteiger partial charge is 0.497 e. The van der Waals surface area contributed by atoms with Crippen molar-refractivity contribution in [3.8, 4) is 17.2 Å². The number of nitrogens with one attached hydrogen (secondary N) is 1. The van der Waals surface area contributed by atoms with E-state index in [0.29, 0.717) is 17.2 Å². The molecule has 1 amide bonds. The number of ether oxygens (including phenoxy) is 3. The first-order valence-electron chi connectivity index (χ1n) is 10.3. The van der Waals surface area contributed by atoms with Crippen LogP contribution in [0.1, 0.15) is 11.1 Å². The summed E-state index contributed by atoms with van der Waals surface area (Å²) in [6.45, 7) is 1.75. The van der Waals surface area contributed by atoms with Crippen LogP contribution in [0.15, 0.2) is 72.8 Å². The smallest absolute Gasteiger partial charge is 0.262 e. The summed E-state index contributed by atoms with van der Waals surface area (Å²) in [4.78, 5) is 12.2. The van der Waals surface area contributed by atoms with Crippen LogP contribution in [0.5, 0.6) is 17.2 Å². The Morgan fingerprint density at radius 1 is 0.871 bits per heavy atom. The Morgan fingerprint density at radius 3 is 2.35 bits per heavy atom. The number of carbonyl (C=O) groups excluding carboxylic acids is 1. The van der Waals surface area contributed by atoms with E-state index in [1.807, 2.05) is 24.3 Å². The summed E-state index contributed by atoms with van der Waals surface area (Å²) in [6, 6.07) is 23.4. The topological polar surface area (TPSA) is 73.4 Å². The van der Waals surface area contributed by atoms with E-state index in [0.717, 1.165) is 30.8 Å². The second kappa shape index (κ2) is 11.6. The SMILES string of the molecule is COc1ccc(NC(=O)COc2ccc(C[NH2+]CCc3ccccc3)cc2OC)cc1. The number of amides is 1. The van der Waals surface area contributed by atoms with Crippen molar-refractivity contribution < 1.29 is 24.3 Å².